The maximum absolute atomic E-state index is 11.4. The highest BCUT2D eigenvalue weighted by molar-refractivity contribution is 5.76. The Morgan fingerprint density at radius 1 is 1.33 bits per heavy atom. The largest absolute Gasteiger partial charge is 0.394 e. The second-order valence-electron chi connectivity index (χ2n) is 4.33. The SMILES string of the molecule is CN(C)CCCC(=O)NC(C)(CO)CO. The van der Waals surface area contributed by atoms with E-state index >= 15 is 0 Å². The van der Waals surface area contributed by atoms with Gasteiger partial charge in [-0.05, 0) is 34.0 Å². The first-order valence-corrected chi connectivity index (χ1v) is 5.11. The van der Waals surface area contributed by atoms with Gasteiger partial charge in [0.05, 0.1) is 18.8 Å². The minimum absolute atomic E-state index is 0.137. The molecule has 0 rings (SSSR count). The van der Waals surface area contributed by atoms with Crippen molar-refractivity contribution < 1.29 is 15.0 Å². The summed E-state index contributed by atoms with van der Waals surface area (Å²) in [5.74, 6) is -0.137. The molecule has 0 saturated carbocycles. The molecule has 5 nitrogen and oxygen atoms in total. The van der Waals surface area contributed by atoms with Crippen LogP contribution in [0.25, 0.3) is 0 Å². The van der Waals surface area contributed by atoms with Crippen LogP contribution in [-0.2, 0) is 4.79 Å². The third-order valence-electron chi connectivity index (χ3n) is 2.15. The Labute approximate surface area is 91.1 Å². The molecule has 0 aromatic rings. The van der Waals surface area contributed by atoms with E-state index in [0.717, 1.165) is 13.0 Å². The van der Waals surface area contributed by atoms with E-state index in [9.17, 15) is 4.79 Å². The maximum atomic E-state index is 11.4. The molecular formula is C10H22N2O3. The van der Waals surface area contributed by atoms with Crippen molar-refractivity contribution in [2.24, 2.45) is 0 Å². The number of nitrogens with one attached hydrogen (secondary N) is 1. The molecule has 1 amide bonds. The number of aliphatic hydroxyl groups excluding tert-OH is 2. The number of amides is 1. The molecule has 0 aromatic heterocycles. The van der Waals surface area contributed by atoms with E-state index in [2.05, 4.69) is 5.32 Å². The van der Waals surface area contributed by atoms with Gasteiger partial charge in [0.2, 0.25) is 5.91 Å². The molecule has 0 aromatic carbocycles. The molecule has 0 saturated heterocycles. The number of hydrogen-bond acceptors (Lipinski definition) is 4. The van der Waals surface area contributed by atoms with E-state index in [1.165, 1.54) is 0 Å². The zero-order valence-corrected chi connectivity index (χ0v) is 9.79. The first kappa shape index (κ1) is 14.3. The molecule has 0 fully saturated rings. The van der Waals surface area contributed by atoms with Crippen LogP contribution in [0.2, 0.25) is 0 Å². The van der Waals surface area contributed by atoms with Crippen LogP contribution in [0.5, 0.6) is 0 Å². The summed E-state index contributed by atoms with van der Waals surface area (Å²) in [6.45, 7) is 1.94. The van der Waals surface area contributed by atoms with Gasteiger partial charge in [-0.25, -0.2) is 0 Å². The van der Waals surface area contributed by atoms with Gasteiger partial charge in [0.25, 0.3) is 0 Å². The minimum atomic E-state index is -0.908. The molecule has 0 aliphatic heterocycles. The van der Waals surface area contributed by atoms with Crippen molar-refractivity contribution in [3.05, 3.63) is 0 Å². The Balaban J connectivity index is 3.82. The molecule has 3 N–H and O–H groups in total. The normalized spacial score (nSPS) is 11.9. The Morgan fingerprint density at radius 2 is 1.87 bits per heavy atom. The Kier molecular flexibility index (Phi) is 6.47. The average Bonchev–Trinajstić information content (AvgIpc) is 2.17. The van der Waals surface area contributed by atoms with Crippen LogP contribution < -0.4 is 5.32 Å². The second kappa shape index (κ2) is 6.76. The fourth-order valence-corrected chi connectivity index (χ4v) is 1.08. The van der Waals surface area contributed by atoms with Crippen LogP contribution >= 0.6 is 0 Å². The van der Waals surface area contributed by atoms with E-state index in [1.54, 1.807) is 6.92 Å². The van der Waals surface area contributed by atoms with Crippen LogP contribution in [0.3, 0.4) is 0 Å². The van der Waals surface area contributed by atoms with Gasteiger partial charge in [-0.1, -0.05) is 0 Å². The molecule has 0 unspecified atom stereocenters. The van der Waals surface area contributed by atoms with Crippen molar-refractivity contribution in [2.75, 3.05) is 33.9 Å². The molecule has 0 aliphatic carbocycles. The quantitative estimate of drug-likeness (QED) is 0.522. The molecular weight excluding hydrogens is 196 g/mol. The van der Waals surface area contributed by atoms with Crippen molar-refractivity contribution >= 4 is 5.91 Å². The van der Waals surface area contributed by atoms with Gasteiger partial charge in [0.15, 0.2) is 0 Å². The lowest BCUT2D eigenvalue weighted by Crippen LogP contribution is -2.51. The van der Waals surface area contributed by atoms with Crippen molar-refractivity contribution in [3.8, 4) is 0 Å². The summed E-state index contributed by atoms with van der Waals surface area (Å²) in [6, 6.07) is 0. The fourth-order valence-electron chi connectivity index (χ4n) is 1.08. The lowest BCUT2D eigenvalue weighted by Gasteiger charge is -2.26. The molecule has 0 heterocycles. The molecule has 0 atom stereocenters. The molecule has 0 spiro atoms. The van der Waals surface area contributed by atoms with Crippen LogP contribution in [0, 0.1) is 0 Å². The Hall–Kier alpha value is -0.650. The summed E-state index contributed by atoms with van der Waals surface area (Å²) in [7, 11) is 3.90. The van der Waals surface area contributed by atoms with Crippen molar-refractivity contribution in [1.29, 1.82) is 0 Å². The number of carbonyl (C=O) groups excluding carboxylic acids is 1. The smallest absolute Gasteiger partial charge is 0.220 e. The first-order chi connectivity index (χ1) is 6.93. The summed E-state index contributed by atoms with van der Waals surface area (Å²) in [5, 5.41) is 20.5. The van der Waals surface area contributed by atoms with Crippen LogP contribution in [0.15, 0.2) is 0 Å². The average molecular weight is 218 g/mol. The predicted octanol–water partition coefficient (Wildman–Crippen LogP) is -0.812. The monoisotopic (exact) mass is 218 g/mol. The number of carbonyl (C=O) groups is 1. The van der Waals surface area contributed by atoms with Gasteiger partial charge in [-0.3, -0.25) is 4.79 Å². The van der Waals surface area contributed by atoms with Gasteiger partial charge >= 0.3 is 0 Å². The number of nitrogens with zero attached hydrogens (tertiary/aromatic N) is 1. The fraction of sp³-hybridized carbons (Fsp3) is 0.900. The van der Waals surface area contributed by atoms with Gasteiger partial charge in [0.1, 0.15) is 0 Å². The van der Waals surface area contributed by atoms with Gasteiger partial charge in [-0.2, -0.15) is 0 Å². The molecule has 0 bridgehead atoms. The molecule has 15 heavy (non-hydrogen) atoms. The van der Waals surface area contributed by atoms with Gasteiger partial charge in [-0.15, -0.1) is 0 Å². The van der Waals surface area contributed by atoms with E-state index in [4.69, 9.17) is 10.2 Å². The van der Waals surface area contributed by atoms with E-state index < -0.39 is 5.54 Å². The maximum Gasteiger partial charge on any atom is 0.220 e. The zero-order chi connectivity index (χ0) is 11.9. The van der Waals surface area contributed by atoms with Crippen LogP contribution in [0.4, 0.5) is 0 Å². The van der Waals surface area contributed by atoms with E-state index in [1.807, 2.05) is 19.0 Å². The molecule has 90 valence electrons. The zero-order valence-electron chi connectivity index (χ0n) is 9.79. The summed E-state index contributed by atoms with van der Waals surface area (Å²) >= 11 is 0. The van der Waals surface area contributed by atoms with Crippen LogP contribution in [0.1, 0.15) is 19.8 Å². The third kappa shape index (κ3) is 6.43. The van der Waals surface area contributed by atoms with Gasteiger partial charge < -0.3 is 20.4 Å². The number of rotatable bonds is 7. The van der Waals surface area contributed by atoms with Crippen molar-refractivity contribution in [1.82, 2.24) is 10.2 Å². The minimum Gasteiger partial charge on any atom is -0.394 e. The number of hydrogen-bond donors (Lipinski definition) is 3. The Morgan fingerprint density at radius 3 is 2.27 bits per heavy atom. The molecule has 5 heteroatoms. The number of aliphatic hydroxyl groups is 2. The first-order valence-electron chi connectivity index (χ1n) is 5.11. The topological polar surface area (TPSA) is 72.8 Å². The predicted molar refractivity (Wildman–Crippen MR) is 58.5 cm³/mol. The standard InChI is InChI=1S/C10H22N2O3/c1-10(7-13,8-14)11-9(15)5-4-6-12(2)3/h13-14H,4-8H2,1-3H3,(H,11,15). The van der Waals surface area contributed by atoms with Crippen LogP contribution in [-0.4, -0.2) is 60.4 Å². The Bertz CT molecular complexity index is 191. The van der Waals surface area contributed by atoms with E-state index in [0.29, 0.717) is 6.42 Å². The highest BCUT2D eigenvalue weighted by atomic mass is 16.3. The second-order valence-corrected chi connectivity index (χ2v) is 4.33. The highest BCUT2D eigenvalue weighted by Gasteiger charge is 2.23. The summed E-state index contributed by atoms with van der Waals surface area (Å²) in [4.78, 5) is 13.4. The van der Waals surface area contributed by atoms with Gasteiger partial charge in [0, 0.05) is 6.42 Å². The lowest BCUT2D eigenvalue weighted by atomic mass is 10.1. The molecule has 0 radical (unpaired) electrons. The third-order valence-corrected chi connectivity index (χ3v) is 2.15. The van der Waals surface area contributed by atoms with E-state index in [-0.39, 0.29) is 19.1 Å². The summed E-state index contributed by atoms with van der Waals surface area (Å²) in [5.41, 5.74) is -0.908. The summed E-state index contributed by atoms with van der Waals surface area (Å²) < 4.78 is 0. The highest BCUT2D eigenvalue weighted by Crippen LogP contribution is 2.02. The van der Waals surface area contributed by atoms with Crippen molar-refractivity contribution in [3.63, 3.8) is 0 Å². The lowest BCUT2D eigenvalue weighted by molar-refractivity contribution is -0.124. The molecule has 0 aliphatic rings. The summed E-state index contributed by atoms with van der Waals surface area (Å²) in [6.07, 6.45) is 1.18. The van der Waals surface area contributed by atoms with Crippen molar-refractivity contribution in [2.45, 2.75) is 25.3 Å².